The molecule has 8 heteroatoms. The molecule has 5 rings (SSSR count). The summed E-state index contributed by atoms with van der Waals surface area (Å²) in [5.41, 5.74) is 3.20. The number of ether oxygens (including phenoxy) is 3. The van der Waals surface area contributed by atoms with E-state index >= 15 is 0 Å². The van der Waals surface area contributed by atoms with E-state index in [1.165, 1.54) is 0 Å². The highest BCUT2D eigenvalue weighted by molar-refractivity contribution is 5.98. The number of aromatic nitrogens is 2. The van der Waals surface area contributed by atoms with Gasteiger partial charge in [0.05, 0.1) is 23.6 Å². The van der Waals surface area contributed by atoms with Gasteiger partial charge in [-0.15, -0.1) is 0 Å². The molecule has 1 N–H and O–H groups in total. The van der Waals surface area contributed by atoms with Crippen molar-refractivity contribution in [2.75, 3.05) is 38.7 Å². The lowest BCUT2D eigenvalue weighted by Crippen LogP contribution is -2.54. The van der Waals surface area contributed by atoms with E-state index in [-0.39, 0.29) is 12.0 Å². The minimum Gasteiger partial charge on any atom is -0.489 e. The van der Waals surface area contributed by atoms with Crippen molar-refractivity contribution in [3.8, 4) is 17.2 Å². The Hall–Kier alpha value is -3.26. The topological polar surface area (TPSA) is 77.3 Å². The average molecular weight is 394 g/mol. The first kappa shape index (κ1) is 17.8. The summed E-state index contributed by atoms with van der Waals surface area (Å²) in [6.45, 7) is 4.56. The van der Waals surface area contributed by atoms with E-state index in [0.29, 0.717) is 36.8 Å². The van der Waals surface area contributed by atoms with Gasteiger partial charge in [-0.25, -0.2) is 4.52 Å². The number of carbonyl (C=O) groups excluding carboxylic acids is 1. The third-order valence-electron chi connectivity index (χ3n) is 5.45. The third-order valence-corrected chi connectivity index (χ3v) is 5.45. The Labute approximate surface area is 168 Å². The Morgan fingerprint density at radius 2 is 2.17 bits per heavy atom. The van der Waals surface area contributed by atoms with Gasteiger partial charge in [0, 0.05) is 45.1 Å². The van der Waals surface area contributed by atoms with Crippen LogP contribution in [0.4, 0.5) is 5.69 Å². The molecule has 3 aromatic rings. The molecule has 2 aromatic heterocycles. The van der Waals surface area contributed by atoms with Gasteiger partial charge in [-0.05, 0) is 24.6 Å². The molecule has 8 nitrogen and oxygen atoms in total. The van der Waals surface area contributed by atoms with Gasteiger partial charge in [-0.2, -0.15) is 5.10 Å². The van der Waals surface area contributed by atoms with Crippen LogP contribution in [0.25, 0.3) is 5.52 Å². The maximum Gasteiger partial charge on any atom is 0.255 e. The molecule has 0 saturated carbocycles. The highest BCUT2D eigenvalue weighted by Gasteiger charge is 2.33. The maximum absolute atomic E-state index is 12.9. The number of fused-ring (bicyclic) bond motifs is 2. The van der Waals surface area contributed by atoms with Crippen molar-refractivity contribution in [1.82, 2.24) is 14.5 Å². The fourth-order valence-corrected chi connectivity index (χ4v) is 3.75. The van der Waals surface area contributed by atoms with Crippen molar-refractivity contribution in [1.29, 1.82) is 0 Å². The molecule has 0 bridgehead atoms. The Morgan fingerprint density at radius 1 is 1.31 bits per heavy atom. The monoisotopic (exact) mass is 394 g/mol. The van der Waals surface area contributed by atoms with E-state index in [2.05, 4.69) is 10.4 Å². The first-order valence-corrected chi connectivity index (χ1v) is 9.61. The van der Waals surface area contributed by atoms with E-state index < -0.39 is 0 Å². The molecule has 1 amide bonds. The van der Waals surface area contributed by atoms with Crippen LogP contribution in [0.5, 0.6) is 17.2 Å². The fraction of sp³-hybridized carbons (Fsp3) is 0.333. The molecule has 0 radical (unpaired) electrons. The minimum atomic E-state index is -0.0134. The van der Waals surface area contributed by atoms with Gasteiger partial charge in [-0.3, -0.25) is 4.79 Å². The number of anilines is 1. The van der Waals surface area contributed by atoms with Crippen LogP contribution >= 0.6 is 0 Å². The molecule has 1 aromatic carbocycles. The van der Waals surface area contributed by atoms with Crippen molar-refractivity contribution in [3.05, 3.63) is 47.8 Å². The van der Waals surface area contributed by atoms with Crippen molar-refractivity contribution < 1.29 is 19.0 Å². The van der Waals surface area contributed by atoms with Crippen LogP contribution in [0, 0.1) is 6.92 Å². The van der Waals surface area contributed by atoms with Crippen LogP contribution in [0.2, 0.25) is 0 Å². The van der Waals surface area contributed by atoms with Crippen LogP contribution in [0.15, 0.2) is 36.7 Å². The molecule has 1 fully saturated rings. The Bertz CT molecular complexity index is 1090. The molecule has 29 heavy (non-hydrogen) atoms. The third kappa shape index (κ3) is 3.05. The van der Waals surface area contributed by atoms with Gasteiger partial charge in [0.1, 0.15) is 23.6 Å². The summed E-state index contributed by atoms with van der Waals surface area (Å²) in [6, 6.07) is 7.51. The number of methoxy groups -OCH3 is 1. The number of carbonyl (C=O) groups is 1. The summed E-state index contributed by atoms with van der Waals surface area (Å²) in [7, 11) is 1.67. The smallest absolute Gasteiger partial charge is 0.255 e. The van der Waals surface area contributed by atoms with Gasteiger partial charge in [0.15, 0.2) is 5.75 Å². The molecule has 0 aliphatic carbocycles. The first-order chi connectivity index (χ1) is 14.1. The van der Waals surface area contributed by atoms with E-state index in [1.807, 2.05) is 25.1 Å². The number of likely N-dealkylation sites (tertiary alicyclic amines) is 1. The molecule has 4 heterocycles. The summed E-state index contributed by atoms with van der Waals surface area (Å²) in [4.78, 5) is 14.7. The molecular formula is C21H22N4O4. The second kappa shape index (κ2) is 6.97. The summed E-state index contributed by atoms with van der Waals surface area (Å²) in [5, 5.41) is 7.65. The Morgan fingerprint density at radius 3 is 3.00 bits per heavy atom. The molecule has 0 atom stereocenters. The molecule has 0 spiro atoms. The van der Waals surface area contributed by atoms with E-state index in [4.69, 9.17) is 14.2 Å². The highest BCUT2D eigenvalue weighted by atomic mass is 16.5. The van der Waals surface area contributed by atoms with Crippen LogP contribution in [0.3, 0.4) is 0 Å². The summed E-state index contributed by atoms with van der Waals surface area (Å²) in [6.07, 6.45) is 3.55. The van der Waals surface area contributed by atoms with Gasteiger partial charge in [0.2, 0.25) is 0 Å². The predicted molar refractivity (Wildman–Crippen MR) is 107 cm³/mol. The van der Waals surface area contributed by atoms with Crippen LogP contribution < -0.4 is 14.8 Å². The van der Waals surface area contributed by atoms with E-state index in [9.17, 15) is 4.79 Å². The Kier molecular flexibility index (Phi) is 4.28. The number of rotatable bonds is 4. The van der Waals surface area contributed by atoms with Crippen molar-refractivity contribution in [2.45, 2.75) is 13.0 Å². The molecule has 0 unspecified atom stereocenters. The maximum atomic E-state index is 12.9. The van der Waals surface area contributed by atoms with E-state index in [1.54, 1.807) is 35.0 Å². The molecule has 150 valence electrons. The number of aryl methyl sites for hydroxylation is 1. The zero-order valence-electron chi connectivity index (χ0n) is 16.3. The lowest BCUT2D eigenvalue weighted by Gasteiger charge is -2.38. The standard InChI is InChI=1S/C21H22N4O4/c1-13-16(21(26)24-10-15(11-24)27-2)12-25-20(13)18(5-6-23-25)29-14-3-4-17-19(9-14)28-8-7-22-17/h3-6,9,12,15,22H,7-8,10-11H2,1-2H3. The zero-order chi connectivity index (χ0) is 20.0. The molecular weight excluding hydrogens is 372 g/mol. The highest BCUT2D eigenvalue weighted by Crippen LogP contribution is 2.36. The van der Waals surface area contributed by atoms with Gasteiger partial charge < -0.3 is 24.4 Å². The second-order valence-electron chi connectivity index (χ2n) is 7.26. The van der Waals surface area contributed by atoms with Crippen LogP contribution in [-0.4, -0.2) is 59.9 Å². The number of amides is 1. The zero-order valence-corrected chi connectivity index (χ0v) is 16.3. The Balaban J connectivity index is 1.46. The quantitative estimate of drug-likeness (QED) is 0.733. The number of benzene rings is 1. The molecule has 1 saturated heterocycles. The van der Waals surface area contributed by atoms with Crippen LogP contribution in [-0.2, 0) is 4.74 Å². The lowest BCUT2D eigenvalue weighted by atomic mass is 10.1. The van der Waals surface area contributed by atoms with Crippen molar-refractivity contribution >= 4 is 17.1 Å². The second-order valence-corrected chi connectivity index (χ2v) is 7.26. The SMILES string of the molecule is COC1CN(C(=O)c2cn3nccc(Oc4ccc5c(c4)OCCN5)c3c2C)C1. The fourth-order valence-electron chi connectivity index (χ4n) is 3.75. The predicted octanol–water partition coefficient (Wildman–Crippen LogP) is 2.71. The van der Waals surface area contributed by atoms with Gasteiger partial charge in [0.25, 0.3) is 5.91 Å². The van der Waals surface area contributed by atoms with Crippen molar-refractivity contribution in [3.63, 3.8) is 0 Å². The largest absolute Gasteiger partial charge is 0.489 e. The average Bonchev–Trinajstić information content (AvgIpc) is 3.05. The summed E-state index contributed by atoms with van der Waals surface area (Å²) >= 11 is 0. The molecule has 2 aliphatic rings. The summed E-state index contributed by atoms with van der Waals surface area (Å²) in [5.74, 6) is 2.06. The number of nitrogens with zero attached hydrogens (tertiary/aromatic N) is 3. The lowest BCUT2D eigenvalue weighted by molar-refractivity contribution is -0.0192. The molecule has 2 aliphatic heterocycles. The minimum absolute atomic E-state index is 0.0134. The van der Waals surface area contributed by atoms with E-state index in [0.717, 1.165) is 29.1 Å². The number of hydrogen-bond donors (Lipinski definition) is 1. The van der Waals surface area contributed by atoms with Gasteiger partial charge in [-0.1, -0.05) is 0 Å². The summed E-state index contributed by atoms with van der Waals surface area (Å²) < 4.78 is 18.8. The van der Waals surface area contributed by atoms with Crippen molar-refractivity contribution in [2.24, 2.45) is 0 Å². The number of nitrogens with one attached hydrogen (secondary N) is 1. The normalized spacial score (nSPS) is 16.0. The number of hydrogen-bond acceptors (Lipinski definition) is 6. The van der Waals surface area contributed by atoms with Gasteiger partial charge >= 0.3 is 0 Å². The van der Waals surface area contributed by atoms with Crippen LogP contribution in [0.1, 0.15) is 15.9 Å². The first-order valence-electron chi connectivity index (χ1n) is 9.61.